The summed E-state index contributed by atoms with van der Waals surface area (Å²) in [6.07, 6.45) is 0.696. The van der Waals surface area contributed by atoms with Crippen molar-refractivity contribution in [2.24, 2.45) is 5.73 Å². The third kappa shape index (κ3) is 2.73. The summed E-state index contributed by atoms with van der Waals surface area (Å²) in [6, 6.07) is 8.53. The van der Waals surface area contributed by atoms with Gasteiger partial charge in [0.2, 0.25) is 5.91 Å². The normalized spacial score (nSPS) is 23.9. The van der Waals surface area contributed by atoms with Gasteiger partial charge in [0.1, 0.15) is 6.04 Å². The van der Waals surface area contributed by atoms with Gasteiger partial charge in [0.15, 0.2) is 0 Å². The lowest BCUT2D eigenvalue weighted by atomic mass is 10.0. The Morgan fingerprint density at radius 3 is 2.53 bits per heavy atom. The minimum absolute atomic E-state index is 0.138. The average molecular weight is 261 g/mol. The first-order valence-corrected chi connectivity index (χ1v) is 6.84. The molecule has 1 heterocycles. The third-order valence-electron chi connectivity index (χ3n) is 3.78. The van der Waals surface area contributed by atoms with Gasteiger partial charge in [-0.15, -0.1) is 0 Å². The number of rotatable bonds is 3. The number of carbonyl (C=O) groups excluding carboxylic acids is 1. The first-order valence-electron chi connectivity index (χ1n) is 6.84. The molecule has 2 rings (SSSR count). The molecule has 1 saturated heterocycles. The number of hydrogen-bond acceptors (Lipinski definition) is 3. The summed E-state index contributed by atoms with van der Waals surface area (Å²) in [7, 11) is 1.87. The molecular weight excluding hydrogens is 238 g/mol. The van der Waals surface area contributed by atoms with Crippen molar-refractivity contribution in [3.05, 3.63) is 29.8 Å². The maximum atomic E-state index is 12.3. The molecule has 1 aromatic carbocycles. The number of amides is 1. The number of benzene rings is 1. The Labute approximate surface area is 115 Å². The summed E-state index contributed by atoms with van der Waals surface area (Å²) in [6.45, 7) is 5.51. The topological polar surface area (TPSA) is 49.6 Å². The quantitative estimate of drug-likeness (QED) is 0.894. The van der Waals surface area contributed by atoms with E-state index in [9.17, 15) is 4.79 Å². The van der Waals surface area contributed by atoms with Gasteiger partial charge in [0.05, 0.1) is 0 Å². The summed E-state index contributed by atoms with van der Waals surface area (Å²) in [5.74, 6) is 0.170. The van der Waals surface area contributed by atoms with Crippen molar-refractivity contribution < 1.29 is 4.79 Å². The van der Waals surface area contributed by atoms with Crippen molar-refractivity contribution in [3.63, 3.8) is 0 Å². The van der Waals surface area contributed by atoms with Gasteiger partial charge in [-0.25, -0.2) is 0 Å². The van der Waals surface area contributed by atoms with Gasteiger partial charge >= 0.3 is 0 Å². The highest BCUT2D eigenvalue weighted by molar-refractivity contribution is 5.86. The average Bonchev–Trinajstić information content (AvgIpc) is 2.38. The van der Waals surface area contributed by atoms with E-state index >= 15 is 0 Å². The number of piperazine rings is 1. The zero-order chi connectivity index (χ0) is 14.0. The number of aryl methyl sites for hydroxylation is 1. The Morgan fingerprint density at radius 2 is 1.95 bits per heavy atom. The Morgan fingerprint density at radius 1 is 1.32 bits per heavy atom. The molecule has 1 fully saturated rings. The molecule has 1 aliphatic heterocycles. The molecular formula is C15H23N3O. The van der Waals surface area contributed by atoms with Gasteiger partial charge in [-0.05, 0) is 38.9 Å². The maximum Gasteiger partial charge on any atom is 0.245 e. The molecule has 1 amide bonds. The molecule has 4 nitrogen and oxygen atoms in total. The summed E-state index contributed by atoms with van der Waals surface area (Å²) in [5.41, 5.74) is 8.02. The second kappa shape index (κ2) is 5.61. The lowest BCUT2D eigenvalue weighted by Gasteiger charge is -2.45. The molecule has 1 aromatic rings. The van der Waals surface area contributed by atoms with Gasteiger partial charge in [-0.3, -0.25) is 4.79 Å². The largest absolute Gasteiger partial charge is 0.355 e. The van der Waals surface area contributed by atoms with Crippen LogP contribution in [0.3, 0.4) is 0 Å². The fourth-order valence-corrected chi connectivity index (χ4v) is 2.83. The second-order valence-corrected chi connectivity index (χ2v) is 5.40. The van der Waals surface area contributed by atoms with Crippen molar-refractivity contribution >= 4 is 11.6 Å². The molecule has 104 valence electrons. The van der Waals surface area contributed by atoms with Crippen LogP contribution in [0, 0.1) is 6.92 Å². The van der Waals surface area contributed by atoms with Crippen molar-refractivity contribution in [1.82, 2.24) is 4.90 Å². The molecule has 2 unspecified atom stereocenters. The molecule has 0 aliphatic carbocycles. The lowest BCUT2D eigenvalue weighted by Crippen LogP contribution is -2.60. The van der Waals surface area contributed by atoms with E-state index in [0.717, 1.165) is 12.2 Å². The smallest absolute Gasteiger partial charge is 0.245 e. The monoisotopic (exact) mass is 261 g/mol. The SMILES string of the molecule is Cc1ccc(N2C(C)CN(C)C(=O)C2CCN)cc1. The number of anilines is 1. The molecule has 0 radical (unpaired) electrons. The number of carbonyl (C=O) groups is 1. The minimum atomic E-state index is -0.138. The number of hydrogen-bond donors (Lipinski definition) is 1. The predicted molar refractivity (Wildman–Crippen MR) is 78.2 cm³/mol. The van der Waals surface area contributed by atoms with E-state index in [1.807, 2.05) is 11.9 Å². The fraction of sp³-hybridized carbons (Fsp3) is 0.533. The van der Waals surface area contributed by atoms with Gasteiger partial charge < -0.3 is 15.5 Å². The number of likely N-dealkylation sites (N-methyl/N-ethyl adjacent to an activating group) is 1. The highest BCUT2D eigenvalue weighted by Gasteiger charge is 2.36. The molecule has 0 spiro atoms. The van der Waals surface area contributed by atoms with E-state index in [1.54, 1.807) is 0 Å². The van der Waals surface area contributed by atoms with E-state index < -0.39 is 0 Å². The third-order valence-corrected chi connectivity index (χ3v) is 3.78. The van der Waals surface area contributed by atoms with Crippen LogP contribution < -0.4 is 10.6 Å². The van der Waals surface area contributed by atoms with Crippen LogP contribution in [0.5, 0.6) is 0 Å². The van der Waals surface area contributed by atoms with Crippen LogP contribution in [0.15, 0.2) is 24.3 Å². The van der Waals surface area contributed by atoms with Crippen LogP contribution in [0.2, 0.25) is 0 Å². The Balaban J connectivity index is 2.33. The van der Waals surface area contributed by atoms with E-state index in [-0.39, 0.29) is 11.9 Å². The van der Waals surface area contributed by atoms with Crippen LogP contribution >= 0.6 is 0 Å². The Bertz CT molecular complexity index is 443. The van der Waals surface area contributed by atoms with Crippen LogP contribution in [-0.2, 0) is 4.79 Å². The second-order valence-electron chi connectivity index (χ2n) is 5.40. The molecule has 0 aromatic heterocycles. The summed E-state index contributed by atoms with van der Waals surface area (Å²) >= 11 is 0. The van der Waals surface area contributed by atoms with Crippen LogP contribution in [0.25, 0.3) is 0 Å². The van der Waals surface area contributed by atoms with E-state index in [0.29, 0.717) is 19.0 Å². The van der Waals surface area contributed by atoms with Crippen LogP contribution in [-0.4, -0.2) is 43.0 Å². The molecule has 2 N–H and O–H groups in total. The van der Waals surface area contributed by atoms with Crippen molar-refractivity contribution in [3.8, 4) is 0 Å². The zero-order valence-electron chi connectivity index (χ0n) is 12.0. The minimum Gasteiger partial charge on any atom is -0.355 e. The zero-order valence-corrected chi connectivity index (χ0v) is 12.0. The van der Waals surface area contributed by atoms with Gasteiger partial charge in [0.25, 0.3) is 0 Å². The summed E-state index contributed by atoms with van der Waals surface area (Å²) in [4.78, 5) is 16.4. The van der Waals surface area contributed by atoms with Crippen LogP contribution in [0.4, 0.5) is 5.69 Å². The lowest BCUT2D eigenvalue weighted by molar-refractivity contribution is -0.133. The molecule has 0 bridgehead atoms. The molecule has 2 atom stereocenters. The van der Waals surface area contributed by atoms with Gasteiger partial charge in [-0.2, -0.15) is 0 Å². The molecule has 1 aliphatic rings. The predicted octanol–water partition coefficient (Wildman–Crippen LogP) is 1.38. The van der Waals surface area contributed by atoms with Gasteiger partial charge in [0, 0.05) is 25.3 Å². The fourth-order valence-electron chi connectivity index (χ4n) is 2.83. The van der Waals surface area contributed by atoms with Gasteiger partial charge in [-0.1, -0.05) is 17.7 Å². The Hall–Kier alpha value is -1.55. The Kier molecular flexibility index (Phi) is 4.10. The number of nitrogens with zero attached hydrogens (tertiary/aromatic N) is 2. The van der Waals surface area contributed by atoms with E-state index in [1.165, 1.54) is 5.56 Å². The van der Waals surface area contributed by atoms with Crippen molar-refractivity contribution in [1.29, 1.82) is 0 Å². The maximum absolute atomic E-state index is 12.3. The van der Waals surface area contributed by atoms with Crippen molar-refractivity contribution in [2.45, 2.75) is 32.4 Å². The van der Waals surface area contributed by atoms with E-state index in [2.05, 4.69) is 43.0 Å². The molecule has 4 heteroatoms. The highest BCUT2D eigenvalue weighted by Crippen LogP contribution is 2.26. The number of nitrogens with two attached hydrogens (primary N) is 1. The van der Waals surface area contributed by atoms with E-state index in [4.69, 9.17) is 5.73 Å². The molecule has 0 saturated carbocycles. The first-order chi connectivity index (χ1) is 9.04. The standard InChI is InChI=1S/C15H23N3O/c1-11-4-6-13(7-5-11)18-12(2)10-17(3)15(19)14(18)8-9-16/h4-7,12,14H,8-10,16H2,1-3H3. The van der Waals surface area contributed by atoms with Crippen molar-refractivity contribution in [2.75, 3.05) is 25.0 Å². The van der Waals surface area contributed by atoms with Crippen LogP contribution in [0.1, 0.15) is 18.9 Å². The highest BCUT2D eigenvalue weighted by atomic mass is 16.2. The summed E-state index contributed by atoms with van der Waals surface area (Å²) in [5, 5.41) is 0. The summed E-state index contributed by atoms with van der Waals surface area (Å²) < 4.78 is 0. The molecule has 19 heavy (non-hydrogen) atoms. The first kappa shape index (κ1) is 13.9.